The van der Waals surface area contributed by atoms with Crippen LogP contribution in [0.2, 0.25) is 5.02 Å². The first-order valence-electron chi connectivity index (χ1n) is 10.1. The fraction of sp³-hybridized carbons (Fsp3) is 0.200. The number of hydrogen-bond acceptors (Lipinski definition) is 2. The quantitative estimate of drug-likeness (QED) is 0.627. The molecular formula is C25H23ClN2O2. The number of aryl methyl sites for hydroxylation is 1. The maximum Gasteiger partial charge on any atom is 0.255 e. The van der Waals surface area contributed by atoms with E-state index >= 15 is 0 Å². The number of halogens is 1. The van der Waals surface area contributed by atoms with Crippen molar-refractivity contribution in [3.63, 3.8) is 0 Å². The standard InChI is InChI=1S/C25H23ClN2O2/c26-20-15-14-17-12-7-13-22(21(17)16-20)28(25(30)19-10-5-2-6-11-19)23(24(27)29)18-8-3-1-4-9-18/h1-6,8-11,14-16,22-23H,7,12-13H2,(H2,27,29)/t22-,23-/m1/s1. The van der Waals surface area contributed by atoms with Gasteiger partial charge in [0.2, 0.25) is 5.91 Å². The third-order valence-corrected chi connectivity index (χ3v) is 5.88. The van der Waals surface area contributed by atoms with E-state index in [4.69, 9.17) is 17.3 Å². The van der Waals surface area contributed by atoms with Crippen molar-refractivity contribution in [2.24, 2.45) is 5.73 Å². The van der Waals surface area contributed by atoms with Crippen LogP contribution in [0.25, 0.3) is 0 Å². The Morgan fingerprint density at radius 3 is 2.30 bits per heavy atom. The summed E-state index contributed by atoms with van der Waals surface area (Å²) in [4.78, 5) is 28.1. The van der Waals surface area contributed by atoms with Gasteiger partial charge in [0, 0.05) is 10.6 Å². The van der Waals surface area contributed by atoms with E-state index < -0.39 is 11.9 Å². The van der Waals surface area contributed by atoms with E-state index in [0.717, 1.165) is 30.4 Å². The maximum absolute atomic E-state index is 13.7. The van der Waals surface area contributed by atoms with Crippen LogP contribution >= 0.6 is 11.6 Å². The number of fused-ring (bicyclic) bond motifs is 1. The Morgan fingerprint density at radius 1 is 0.967 bits per heavy atom. The second-order valence-electron chi connectivity index (χ2n) is 7.55. The Morgan fingerprint density at radius 2 is 1.63 bits per heavy atom. The molecule has 4 nitrogen and oxygen atoms in total. The van der Waals surface area contributed by atoms with Crippen LogP contribution in [0.3, 0.4) is 0 Å². The van der Waals surface area contributed by atoms with Crippen molar-refractivity contribution >= 4 is 23.4 Å². The lowest BCUT2D eigenvalue weighted by Crippen LogP contribution is -2.44. The van der Waals surface area contributed by atoms with Gasteiger partial charge in [0.1, 0.15) is 6.04 Å². The van der Waals surface area contributed by atoms with Crippen LogP contribution in [-0.4, -0.2) is 16.7 Å². The average molecular weight is 419 g/mol. The average Bonchev–Trinajstić information content (AvgIpc) is 2.77. The Balaban J connectivity index is 1.88. The first-order valence-corrected chi connectivity index (χ1v) is 10.4. The molecule has 0 saturated carbocycles. The lowest BCUT2D eigenvalue weighted by atomic mass is 9.85. The van der Waals surface area contributed by atoms with E-state index in [1.54, 1.807) is 17.0 Å². The predicted octanol–water partition coefficient (Wildman–Crippen LogP) is 5.09. The molecule has 0 aliphatic heterocycles. The van der Waals surface area contributed by atoms with Gasteiger partial charge in [-0.05, 0) is 60.2 Å². The van der Waals surface area contributed by atoms with Gasteiger partial charge in [-0.25, -0.2) is 0 Å². The minimum atomic E-state index is -0.881. The summed E-state index contributed by atoms with van der Waals surface area (Å²) in [6, 6.07) is 22.9. The van der Waals surface area contributed by atoms with Gasteiger partial charge < -0.3 is 10.6 Å². The molecule has 0 saturated heterocycles. The number of amides is 2. The molecule has 3 aromatic rings. The Hall–Kier alpha value is -3.11. The predicted molar refractivity (Wildman–Crippen MR) is 118 cm³/mol. The third kappa shape index (κ3) is 3.96. The Bertz CT molecular complexity index is 1050. The van der Waals surface area contributed by atoms with Crippen molar-refractivity contribution in [1.29, 1.82) is 0 Å². The van der Waals surface area contributed by atoms with Crippen molar-refractivity contribution in [1.82, 2.24) is 4.90 Å². The molecule has 4 rings (SSSR count). The highest BCUT2D eigenvalue weighted by Gasteiger charge is 2.38. The molecule has 0 fully saturated rings. The van der Waals surface area contributed by atoms with Gasteiger partial charge in [-0.2, -0.15) is 0 Å². The van der Waals surface area contributed by atoms with Crippen LogP contribution in [0.1, 0.15) is 52.0 Å². The lowest BCUT2D eigenvalue weighted by Gasteiger charge is -2.40. The molecule has 0 heterocycles. The first-order chi connectivity index (χ1) is 14.6. The number of primary amides is 1. The van der Waals surface area contributed by atoms with Gasteiger partial charge in [0.25, 0.3) is 5.91 Å². The first kappa shape index (κ1) is 20.2. The molecule has 1 aliphatic carbocycles. The van der Waals surface area contributed by atoms with Crippen LogP contribution in [-0.2, 0) is 11.2 Å². The zero-order valence-corrected chi connectivity index (χ0v) is 17.3. The normalized spacial score (nSPS) is 16.4. The van der Waals surface area contributed by atoms with Crippen molar-refractivity contribution in [3.05, 3.63) is 106 Å². The molecular weight excluding hydrogens is 396 g/mol. The number of nitrogens with two attached hydrogens (primary N) is 1. The second kappa shape index (κ2) is 8.72. The van der Waals surface area contributed by atoms with Gasteiger partial charge in [-0.3, -0.25) is 9.59 Å². The van der Waals surface area contributed by atoms with Crippen LogP contribution in [0.15, 0.2) is 78.9 Å². The Labute approximate surface area is 181 Å². The molecule has 1 aliphatic rings. The molecule has 3 aromatic carbocycles. The number of hydrogen-bond donors (Lipinski definition) is 1. The monoisotopic (exact) mass is 418 g/mol. The topological polar surface area (TPSA) is 63.4 Å². The lowest BCUT2D eigenvalue weighted by molar-refractivity contribution is -0.123. The smallest absolute Gasteiger partial charge is 0.255 e. The summed E-state index contributed by atoms with van der Waals surface area (Å²) in [6.07, 6.45) is 2.57. The van der Waals surface area contributed by atoms with E-state index in [2.05, 4.69) is 0 Å². The number of nitrogens with zero attached hydrogens (tertiary/aromatic N) is 1. The van der Waals surface area contributed by atoms with Gasteiger partial charge in [0.05, 0.1) is 6.04 Å². The highest BCUT2D eigenvalue weighted by Crippen LogP contribution is 2.41. The molecule has 0 aromatic heterocycles. The number of carbonyl (C=O) groups excluding carboxylic acids is 2. The Kier molecular flexibility index (Phi) is 5.86. The molecule has 2 N–H and O–H groups in total. The van der Waals surface area contributed by atoms with Gasteiger partial charge in [-0.15, -0.1) is 0 Å². The third-order valence-electron chi connectivity index (χ3n) is 5.64. The molecule has 0 bridgehead atoms. The molecule has 0 spiro atoms. The number of benzene rings is 3. The molecule has 0 unspecified atom stereocenters. The minimum absolute atomic E-state index is 0.221. The molecule has 30 heavy (non-hydrogen) atoms. The minimum Gasteiger partial charge on any atom is -0.368 e. The second-order valence-corrected chi connectivity index (χ2v) is 7.98. The zero-order chi connectivity index (χ0) is 21.1. The summed E-state index contributed by atoms with van der Waals surface area (Å²) in [6.45, 7) is 0. The van der Waals surface area contributed by atoms with Crippen molar-refractivity contribution in [2.75, 3.05) is 0 Å². The number of carbonyl (C=O) groups is 2. The fourth-order valence-electron chi connectivity index (χ4n) is 4.30. The van der Waals surface area contributed by atoms with Crippen molar-refractivity contribution < 1.29 is 9.59 Å². The van der Waals surface area contributed by atoms with E-state index in [-0.39, 0.29) is 11.9 Å². The molecule has 2 atom stereocenters. The van der Waals surface area contributed by atoms with E-state index in [0.29, 0.717) is 16.1 Å². The summed E-state index contributed by atoms with van der Waals surface area (Å²) >= 11 is 6.31. The van der Waals surface area contributed by atoms with Crippen molar-refractivity contribution in [3.8, 4) is 0 Å². The summed E-state index contributed by atoms with van der Waals surface area (Å²) in [7, 11) is 0. The summed E-state index contributed by atoms with van der Waals surface area (Å²) in [5.41, 5.74) is 9.24. The van der Waals surface area contributed by atoms with Crippen LogP contribution in [0.5, 0.6) is 0 Å². The maximum atomic E-state index is 13.7. The number of rotatable bonds is 5. The van der Waals surface area contributed by atoms with E-state index in [1.165, 1.54) is 0 Å². The summed E-state index contributed by atoms with van der Waals surface area (Å²) < 4.78 is 0. The van der Waals surface area contributed by atoms with E-state index in [9.17, 15) is 9.59 Å². The molecule has 152 valence electrons. The van der Waals surface area contributed by atoms with Gasteiger partial charge in [-0.1, -0.05) is 66.2 Å². The highest BCUT2D eigenvalue weighted by atomic mass is 35.5. The van der Waals surface area contributed by atoms with Crippen LogP contribution < -0.4 is 5.73 Å². The molecule has 5 heteroatoms. The van der Waals surface area contributed by atoms with E-state index in [1.807, 2.05) is 66.7 Å². The van der Waals surface area contributed by atoms with Crippen LogP contribution in [0.4, 0.5) is 0 Å². The summed E-state index contributed by atoms with van der Waals surface area (Å²) in [5.74, 6) is -0.777. The molecule has 2 amide bonds. The van der Waals surface area contributed by atoms with Crippen molar-refractivity contribution in [2.45, 2.75) is 31.3 Å². The van der Waals surface area contributed by atoms with Crippen LogP contribution in [0, 0.1) is 0 Å². The summed E-state index contributed by atoms with van der Waals surface area (Å²) in [5, 5.41) is 0.614. The zero-order valence-electron chi connectivity index (χ0n) is 16.5. The SMILES string of the molecule is NC(=O)[C@@H](c1ccccc1)N(C(=O)c1ccccc1)[C@@H]1CCCc2ccc(Cl)cc21. The molecule has 0 radical (unpaired) electrons. The fourth-order valence-corrected chi connectivity index (χ4v) is 4.48. The van der Waals surface area contributed by atoms with Gasteiger partial charge >= 0.3 is 0 Å². The highest BCUT2D eigenvalue weighted by molar-refractivity contribution is 6.30. The van der Waals surface area contributed by atoms with Gasteiger partial charge in [0.15, 0.2) is 0 Å². The largest absolute Gasteiger partial charge is 0.368 e.